The second-order valence-electron chi connectivity index (χ2n) is 6.13. The molecule has 5 heteroatoms. The minimum atomic E-state index is -0.0504. The number of hydrogen-bond donors (Lipinski definition) is 0. The van der Waals surface area contributed by atoms with E-state index in [4.69, 9.17) is 4.52 Å². The molecule has 24 heavy (non-hydrogen) atoms. The van der Waals surface area contributed by atoms with E-state index in [0.29, 0.717) is 17.9 Å². The first-order valence-corrected chi connectivity index (χ1v) is 8.06. The molecule has 0 N–H and O–H groups in total. The molecule has 2 heterocycles. The Morgan fingerprint density at radius 3 is 2.71 bits per heavy atom. The molecule has 0 spiro atoms. The van der Waals surface area contributed by atoms with Crippen LogP contribution in [0.4, 0.5) is 0 Å². The van der Waals surface area contributed by atoms with Crippen LogP contribution in [0.25, 0.3) is 10.9 Å². The van der Waals surface area contributed by atoms with Crippen LogP contribution in [0.1, 0.15) is 40.0 Å². The number of fused-ring (bicyclic) bond motifs is 1. The fraction of sp³-hybridized carbons (Fsp3) is 0.316. The van der Waals surface area contributed by atoms with Gasteiger partial charge in [-0.05, 0) is 38.5 Å². The fourth-order valence-corrected chi connectivity index (χ4v) is 2.76. The number of amides is 1. The van der Waals surface area contributed by atoms with Crippen molar-refractivity contribution in [1.29, 1.82) is 0 Å². The van der Waals surface area contributed by atoms with Crippen LogP contribution in [0.3, 0.4) is 0 Å². The average molecular weight is 323 g/mol. The Morgan fingerprint density at radius 1 is 1.21 bits per heavy atom. The van der Waals surface area contributed by atoms with Gasteiger partial charge < -0.3 is 9.42 Å². The number of aromatic nitrogens is 2. The van der Waals surface area contributed by atoms with Crippen molar-refractivity contribution < 1.29 is 9.32 Å². The number of hydrogen-bond acceptors (Lipinski definition) is 4. The number of pyridine rings is 1. The molecule has 0 unspecified atom stereocenters. The van der Waals surface area contributed by atoms with E-state index >= 15 is 0 Å². The summed E-state index contributed by atoms with van der Waals surface area (Å²) in [6.07, 6.45) is 0.814. The summed E-state index contributed by atoms with van der Waals surface area (Å²) < 4.78 is 5.29. The van der Waals surface area contributed by atoms with E-state index in [-0.39, 0.29) is 5.91 Å². The van der Waals surface area contributed by atoms with Gasteiger partial charge in [0.1, 0.15) is 0 Å². The summed E-state index contributed by atoms with van der Waals surface area (Å²) >= 11 is 0. The highest BCUT2D eigenvalue weighted by Crippen LogP contribution is 2.22. The number of aryl methyl sites for hydroxylation is 3. The lowest BCUT2D eigenvalue weighted by Gasteiger charge is -2.17. The molecule has 0 atom stereocenters. The second-order valence-corrected chi connectivity index (χ2v) is 6.13. The van der Waals surface area contributed by atoms with E-state index in [9.17, 15) is 4.79 Å². The molecule has 3 rings (SSSR count). The molecular formula is C19H21N3O2. The largest absolute Gasteiger partial charge is 0.359 e. The predicted octanol–water partition coefficient (Wildman–Crippen LogP) is 3.67. The van der Waals surface area contributed by atoms with Crippen LogP contribution in [-0.2, 0) is 13.0 Å². The first kappa shape index (κ1) is 16.2. The van der Waals surface area contributed by atoms with Crippen LogP contribution in [0, 0.1) is 13.8 Å². The molecular weight excluding hydrogens is 302 g/mol. The monoisotopic (exact) mass is 323 g/mol. The maximum absolute atomic E-state index is 12.9. The number of benzene rings is 1. The zero-order chi connectivity index (χ0) is 17.3. The standard InChI is InChI=1S/C19H21N3O2/c1-5-14-10-15(24-21-14)11-22(4)19(23)17-9-13(3)20-18-7-6-12(2)8-16(17)18/h6-10H,5,11H2,1-4H3. The van der Waals surface area contributed by atoms with Crippen molar-refractivity contribution in [2.45, 2.75) is 33.7 Å². The van der Waals surface area contributed by atoms with Crippen LogP contribution in [0.15, 0.2) is 34.9 Å². The molecule has 1 amide bonds. The molecule has 2 aromatic heterocycles. The molecule has 3 aromatic rings. The Kier molecular flexibility index (Phi) is 4.34. The Hall–Kier alpha value is -2.69. The number of nitrogens with zero attached hydrogens (tertiary/aromatic N) is 3. The second kappa shape index (κ2) is 6.43. The van der Waals surface area contributed by atoms with Crippen molar-refractivity contribution >= 4 is 16.8 Å². The highest BCUT2D eigenvalue weighted by molar-refractivity contribution is 6.06. The summed E-state index contributed by atoms with van der Waals surface area (Å²) in [6, 6.07) is 9.71. The molecule has 0 radical (unpaired) electrons. The van der Waals surface area contributed by atoms with Gasteiger partial charge in [0.25, 0.3) is 5.91 Å². The zero-order valence-electron chi connectivity index (χ0n) is 14.5. The summed E-state index contributed by atoms with van der Waals surface area (Å²) in [5, 5.41) is 4.85. The molecule has 0 aliphatic rings. The molecule has 0 saturated heterocycles. The Balaban J connectivity index is 1.93. The van der Waals surface area contributed by atoms with Gasteiger partial charge >= 0.3 is 0 Å². The molecule has 0 aliphatic heterocycles. The summed E-state index contributed by atoms with van der Waals surface area (Å²) in [7, 11) is 1.77. The summed E-state index contributed by atoms with van der Waals surface area (Å²) in [6.45, 7) is 6.32. The average Bonchev–Trinajstić information content (AvgIpc) is 3.01. The van der Waals surface area contributed by atoms with Gasteiger partial charge in [-0.1, -0.05) is 23.7 Å². The normalized spacial score (nSPS) is 11.0. The SMILES string of the molecule is CCc1cc(CN(C)C(=O)c2cc(C)nc3ccc(C)cc23)on1. The van der Waals surface area contributed by atoms with E-state index in [0.717, 1.165) is 34.3 Å². The molecule has 0 bridgehead atoms. The first-order chi connectivity index (χ1) is 11.5. The van der Waals surface area contributed by atoms with Gasteiger partial charge in [0.05, 0.1) is 23.3 Å². The predicted molar refractivity (Wildman–Crippen MR) is 92.9 cm³/mol. The molecule has 1 aromatic carbocycles. The van der Waals surface area contributed by atoms with Crippen molar-refractivity contribution in [3.63, 3.8) is 0 Å². The Morgan fingerprint density at radius 2 is 2.00 bits per heavy atom. The quantitative estimate of drug-likeness (QED) is 0.735. The lowest BCUT2D eigenvalue weighted by Crippen LogP contribution is -2.26. The van der Waals surface area contributed by atoms with Crippen LogP contribution in [-0.4, -0.2) is 28.0 Å². The molecule has 0 fully saturated rings. The molecule has 0 saturated carbocycles. The van der Waals surface area contributed by atoms with Gasteiger partial charge in [-0.15, -0.1) is 0 Å². The third-order valence-electron chi connectivity index (χ3n) is 4.03. The minimum Gasteiger partial charge on any atom is -0.359 e. The van der Waals surface area contributed by atoms with Crippen LogP contribution in [0.5, 0.6) is 0 Å². The van der Waals surface area contributed by atoms with Crippen molar-refractivity contribution in [3.05, 3.63) is 58.6 Å². The minimum absolute atomic E-state index is 0.0504. The van der Waals surface area contributed by atoms with Crippen molar-refractivity contribution in [3.8, 4) is 0 Å². The highest BCUT2D eigenvalue weighted by Gasteiger charge is 2.18. The molecule has 5 nitrogen and oxygen atoms in total. The van der Waals surface area contributed by atoms with Crippen LogP contribution >= 0.6 is 0 Å². The van der Waals surface area contributed by atoms with Gasteiger partial charge in [0.15, 0.2) is 5.76 Å². The maximum Gasteiger partial charge on any atom is 0.254 e. The van der Waals surface area contributed by atoms with Crippen LogP contribution < -0.4 is 0 Å². The summed E-state index contributed by atoms with van der Waals surface area (Å²) in [5.74, 6) is 0.638. The van der Waals surface area contributed by atoms with Crippen molar-refractivity contribution in [2.24, 2.45) is 0 Å². The summed E-state index contributed by atoms with van der Waals surface area (Å²) in [5.41, 5.74) is 4.33. The topological polar surface area (TPSA) is 59.2 Å². The third kappa shape index (κ3) is 3.15. The lowest BCUT2D eigenvalue weighted by atomic mass is 10.0. The van der Waals surface area contributed by atoms with E-state index < -0.39 is 0 Å². The number of carbonyl (C=O) groups excluding carboxylic acids is 1. The zero-order valence-corrected chi connectivity index (χ0v) is 14.5. The van der Waals surface area contributed by atoms with Gasteiger partial charge in [0, 0.05) is 24.2 Å². The first-order valence-electron chi connectivity index (χ1n) is 8.06. The van der Waals surface area contributed by atoms with Gasteiger partial charge in [-0.2, -0.15) is 0 Å². The Labute approximate surface area is 141 Å². The van der Waals surface area contributed by atoms with Crippen LogP contribution in [0.2, 0.25) is 0 Å². The lowest BCUT2D eigenvalue weighted by molar-refractivity contribution is 0.0774. The molecule has 124 valence electrons. The highest BCUT2D eigenvalue weighted by atomic mass is 16.5. The number of carbonyl (C=O) groups is 1. The van der Waals surface area contributed by atoms with E-state index in [1.807, 2.05) is 51.1 Å². The van der Waals surface area contributed by atoms with E-state index in [1.165, 1.54) is 0 Å². The Bertz CT molecular complexity index is 899. The van der Waals surface area contributed by atoms with E-state index in [1.54, 1.807) is 11.9 Å². The van der Waals surface area contributed by atoms with Gasteiger partial charge in [-0.25, -0.2) is 0 Å². The molecule has 0 aliphatic carbocycles. The fourth-order valence-electron chi connectivity index (χ4n) is 2.76. The van der Waals surface area contributed by atoms with Crippen molar-refractivity contribution in [1.82, 2.24) is 15.0 Å². The van der Waals surface area contributed by atoms with E-state index in [2.05, 4.69) is 10.1 Å². The number of rotatable bonds is 4. The summed E-state index contributed by atoms with van der Waals surface area (Å²) in [4.78, 5) is 19.1. The van der Waals surface area contributed by atoms with Gasteiger partial charge in [0.2, 0.25) is 0 Å². The van der Waals surface area contributed by atoms with Gasteiger partial charge in [-0.3, -0.25) is 9.78 Å². The third-order valence-corrected chi connectivity index (χ3v) is 4.03. The maximum atomic E-state index is 12.9. The smallest absolute Gasteiger partial charge is 0.254 e. The van der Waals surface area contributed by atoms with Crippen molar-refractivity contribution in [2.75, 3.05) is 7.05 Å².